The third-order valence-corrected chi connectivity index (χ3v) is 2.53. The standard InChI is InChI=1S/C14H8F3N3O/c15-10-4-5-11(13(17)12(10)16)20-14(21)19-9-3-1-2-8(6-9)7-18/h1-6H,(H2,19,20,21). The number of urea groups is 1. The number of amides is 2. The summed E-state index contributed by atoms with van der Waals surface area (Å²) >= 11 is 0. The number of anilines is 2. The first-order valence-electron chi connectivity index (χ1n) is 5.73. The summed E-state index contributed by atoms with van der Waals surface area (Å²) in [6, 6.07) is 8.65. The number of benzene rings is 2. The van der Waals surface area contributed by atoms with Gasteiger partial charge in [0.05, 0.1) is 17.3 Å². The van der Waals surface area contributed by atoms with Crippen molar-refractivity contribution in [2.45, 2.75) is 0 Å². The van der Waals surface area contributed by atoms with Crippen molar-refractivity contribution in [3.05, 3.63) is 59.4 Å². The van der Waals surface area contributed by atoms with Crippen LogP contribution in [0.1, 0.15) is 5.56 Å². The average molecular weight is 291 g/mol. The maximum atomic E-state index is 13.4. The molecule has 4 nitrogen and oxygen atoms in total. The van der Waals surface area contributed by atoms with Crippen LogP contribution < -0.4 is 10.6 Å². The molecule has 2 rings (SSSR count). The number of hydrogen-bond donors (Lipinski definition) is 2. The SMILES string of the molecule is N#Cc1cccc(NC(=O)Nc2ccc(F)c(F)c2F)c1. The monoisotopic (exact) mass is 291 g/mol. The zero-order chi connectivity index (χ0) is 15.4. The number of nitrogens with zero attached hydrogens (tertiary/aromatic N) is 1. The molecular weight excluding hydrogens is 283 g/mol. The van der Waals surface area contributed by atoms with Gasteiger partial charge in [0.1, 0.15) is 0 Å². The minimum atomic E-state index is -1.67. The van der Waals surface area contributed by atoms with Crippen LogP contribution in [0, 0.1) is 28.8 Å². The van der Waals surface area contributed by atoms with Crippen molar-refractivity contribution in [1.29, 1.82) is 5.26 Å². The molecule has 0 saturated carbocycles. The molecule has 7 heteroatoms. The Kier molecular flexibility index (Phi) is 4.09. The molecule has 106 valence electrons. The van der Waals surface area contributed by atoms with E-state index in [1.807, 2.05) is 11.4 Å². The molecule has 2 N–H and O–H groups in total. The molecule has 0 bridgehead atoms. The smallest absolute Gasteiger partial charge is 0.308 e. The minimum Gasteiger partial charge on any atom is -0.308 e. The third-order valence-electron chi connectivity index (χ3n) is 2.53. The summed E-state index contributed by atoms with van der Waals surface area (Å²) in [7, 11) is 0. The summed E-state index contributed by atoms with van der Waals surface area (Å²) in [5, 5.41) is 13.1. The van der Waals surface area contributed by atoms with Gasteiger partial charge in [-0.05, 0) is 30.3 Å². The first-order chi connectivity index (χ1) is 10.0. The predicted octanol–water partition coefficient (Wildman–Crippen LogP) is 3.62. The molecule has 0 aliphatic rings. The lowest BCUT2D eigenvalue weighted by Gasteiger charge is -2.09. The Morgan fingerprint density at radius 1 is 1.05 bits per heavy atom. The van der Waals surface area contributed by atoms with Gasteiger partial charge < -0.3 is 10.6 Å². The van der Waals surface area contributed by atoms with Crippen molar-refractivity contribution in [3.63, 3.8) is 0 Å². The zero-order valence-corrected chi connectivity index (χ0v) is 10.5. The van der Waals surface area contributed by atoms with Crippen LogP contribution in [-0.2, 0) is 0 Å². The van der Waals surface area contributed by atoms with E-state index in [2.05, 4.69) is 5.32 Å². The normalized spacial score (nSPS) is 9.81. The van der Waals surface area contributed by atoms with E-state index >= 15 is 0 Å². The second kappa shape index (κ2) is 5.96. The minimum absolute atomic E-state index is 0.301. The van der Waals surface area contributed by atoms with Crippen molar-refractivity contribution in [3.8, 4) is 6.07 Å². The fraction of sp³-hybridized carbons (Fsp3) is 0. The van der Waals surface area contributed by atoms with E-state index in [0.29, 0.717) is 17.3 Å². The fourth-order valence-electron chi connectivity index (χ4n) is 1.57. The van der Waals surface area contributed by atoms with Crippen LogP contribution in [0.4, 0.5) is 29.3 Å². The number of carbonyl (C=O) groups is 1. The van der Waals surface area contributed by atoms with Crippen molar-refractivity contribution in [1.82, 2.24) is 0 Å². The van der Waals surface area contributed by atoms with Gasteiger partial charge in [0.25, 0.3) is 0 Å². The Morgan fingerprint density at radius 2 is 1.81 bits per heavy atom. The van der Waals surface area contributed by atoms with Crippen LogP contribution in [0.5, 0.6) is 0 Å². The van der Waals surface area contributed by atoms with E-state index in [1.54, 1.807) is 6.07 Å². The Balaban J connectivity index is 2.12. The highest BCUT2D eigenvalue weighted by Gasteiger charge is 2.15. The highest BCUT2D eigenvalue weighted by Crippen LogP contribution is 2.20. The fourth-order valence-corrected chi connectivity index (χ4v) is 1.57. The summed E-state index contributed by atoms with van der Waals surface area (Å²) < 4.78 is 39.1. The molecule has 0 saturated heterocycles. The number of nitriles is 1. The molecule has 0 aliphatic heterocycles. The maximum Gasteiger partial charge on any atom is 0.323 e. The molecule has 0 spiro atoms. The lowest BCUT2D eigenvalue weighted by molar-refractivity contribution is 0.262. The van der Waals surface area contributed by atoms with Crippen LogP contribution in [0.3, 0.4) is 0 Å². The Hall–Kier alpha value is -3.01. The molecule has 2 aromatic carbocycles. The van der Waals surface area contributed by atoms with Crippen molar-refractivity contribution in [2.75, 3.05) is 10.6 Å². The topological polar surface area (TPSA) is 64.9 Å². The van der Waals surface area contributed by atoms with Crippen molar-refractivity contribution < 1.29 is 18.0 Å². The average Bonchev–Trinajstić information content (AvgIpc) is 2.48. The van der Waals surface area contributed by atoms with Gasteiger partial charge in [-0.15, -0.1) is 0 Å². The Bertz CT molecular complexity index is 741. The van der Waals surface area contributed by atoms with Gasteiger partial charge in [-0.25, -0.2) is 18.0 Å². The van der Waals surface area contributed by atoms with E-state index in [9.17, 15) is 18.0 Å². The van der Waals surface area contributed by atoms with Crippen molar-refractivity contribution in [2.24, 2.45) is 0 Å². The number of rotatable bonds is 2. The maximum absolute atomic E-state index is 13.4. The first kappa shape index (κ1) is 14.4. The Labute approximate surface area is 117 Å². The Morgan fingerprint density at radius 3 is 2.52 bits per heavy atom. The quantitative estimate of drug-likeness (QED) is 0.830. The molecule has 0 aliphatic carbocycles. The first-order valence-corrected chi connectivity index (χ1v) is 5.73. The molecule has 0 unspecified atom stereocenters. The van der Waals surface area contributed by atoms with Gasteiger partial charge >= 0.3 is 6.03 Å². The second-order valence-corrected chi connectivity index (χ2v) is 3.99. The third kappa shape index (κ3) is 3.30. The molecular formula is C14H8F3N3O. The molecule has 2 amide bonds. The van der Waals surface area contributed by atoms with E-state index < -0.39 is 29.2 Å². The zero-order valence-electron chi connectivity index (χ0n) is 10.5. The van der Waals surface area contributed by atoms with Gasteiger partial charge in [0.2, 0.25) is 0 Å². The van der Waals surface area contributed by atoms with Crippen molar-refractivity contribution >= 4 is 17.4 Å². The summed E-state index contributed by atoms with van der Waals surface area (Å²) in [4.78, 5) is 11.6. The van der Waals surface area contributed by atoms with Crippen LogP contribution in [0.15, 0.2) is 36.4 Å². The van der Waals surface area contributed by atoms with Crippen LogP contribution >= 0.6 is 0 Å². The van der Waals surface area contributed by atoms with E-state index in [0.717, 1.165) is 6.07 Å². The van der Waals surface area contributed by atoms with Gasteiger partial charge in [-0.1, -0.05) is 6.07 Å². The number of hydrogen-bond acceptors (Lipinski definition) is 2. The molecule has 2 aromatic rings. The van der Waals surface area contributed by atoms with Crippen LogP contribution in [-0.4, -0.2) is 6.03 Å². The number of halogens is 3. The largest absolute Gasteiger partial charge is 0.323 e. The van der Waals surface area contributed by atoms with Crippen LogP contribution in [0.2, 0.25) is 0 Å². The highest BCUT2D eigenvalue weighted by molar-refractivity contribution is 5.99. The van der Waals surface area contributed by atoms with Gasteiger partial charge in [-0.3, -0.25) is 0 Å². The predicted molar refractivity (Wildman–Crippen MR) is 70.1 cm³/mol. The molecule has 0 heterocycles. The molecule has 0 atom stereocenters. The number of carbonyl (C=O) groups excluding carboxylic acids is 1. The van der Waals surface area contributed by atoms with E-state index in [1.165, 1.54) is 18.2 Å². The second-order valence-electron chi connectivity index (χ2n) is 3.99. The van der Waals surface area contributed by atoms with Gasteiger partial charge in [0, 0.05) is 5.69 Å². The molecule has 0 aromatic heterocycles. The molecule has 0 fully saturated rings. The number of nitrogens with one attached hydrogen (secondary N) is 2. The highest BCUT2D eigenvalue weighted by atomic mass is 19.2. The van der Waals surface area contributed by atoms with Gasteiger partial charge in [-0.2, -0.15) is 5.26 Å². The van der Waals surface area contributed by atoms with E-state index in [4.69, 9.17) is 5.26 Å². The van der Waals surface area contributed by atoms with Gasteiger partial charge in [0.15, 0.2) is 17.5 Å². The lowest BCUT2D eigenvalue weighted by Crippen LogP contribution is -2.20. The summed E-state index contributed by atoms with van der Waals surface area (Å²) in [5.74, 6) is -4.50. The summed E-state index contributed by atoms with van der Waals surface area (Å²) in [6.45, 7) is 0. The van der Waals surface area contributed by atoms with Crippen LogP contribution in [0.25, 0.3) is 0 Å². The summed E-state index contributed by atoms with van der Waals surface area (Å²) in [5.41, 5.74) is 0.129. The van der Waals surface area contributed by atoms with E-state index in [-0.39, 0.29) is 0 Å². The molecule has 0 radical (unpaired) electrons. The molecule has 21 heavy (non-hydrogen) atoms. The lowest BCUT2D eigenvalue weighted by atomic mass is 10.2. The summed E-state index contributed by atoms with van der Waals surface area (Å²) in [6.07, 6.45) is 0.